The van der Waals surface area contributed by atoms with Crippen LogP contribution in [-0.2, 0) is 16.4 Å². The summed E-state index contributed by atoms with van der Waals surface area (Å²) in [6.45, 7) is 1.60. The topological polar surface area (TPSA) is 75.8 Å². The third kappa shape index (κ3) is 4.60. The Hall–Kier alpha value is -2.34. The third-order valence-electron chi connectivity index (χ3n) is 4.36. The number of nitrogen functional groups attached to an aromatic ring is 1. The Morgan fingerprint density at radius 1 is 1.00 bits per heavy atom. The molecule has 132 valence electrons. The molecule has 0 radical (unpaired) electrons. The molecular weight excluding hydrogens is 334 g/mol. The van der Waals surface area contributed by atoms with E-state index in [-0.39, 0.29) is 4.90 Å². The van der Waals surface area contributed by atoms with Crippen LogP contribution in [0.1, 0.15) is 24.8 Å². The first-order valence-corrected chi connectivity index (χ1v) is 9.97. The summed E-state index contributed by atoms with van der Waals surface area (Å²) in [6.07, 6.45) is 3.58. The summed E-state index contributed by atoms with van der Waals surface area (Å²) in [7, 11) is -3.65. The van der Waals surface area contributed by atoms with Crippen LogP contribution in [0.3, 0.4) is 0 Å². The minimum Gasteiger partial charge on any atom is -0.399 e. The molecule has 0 saturated carbocycles. The molecule has 0 unspecified atom stereocenters. The van der Waals surface area contributed by atoms with E-state index < -0.39 is 10.0 Å². The monoisotopic (exact) mass is 357 g/mol. The average molecular weight is 357 g/mol. The molecule has 2 aromatic rings. The number of amidine groups is 1. The highest BCUT2D eigenvalue weighted by Crippen LogP contribution is 2.18. The van der Waals surface area contributed by atoms with Crippen molar-refractivity contribution in [1.82, 2.24) is 4.90 Å². The summed E-state index contributed by atoms with van der Waals surface area (Å²) in [5.74, 6) is 0.672. The van der Waals surface area contributed by atoms with E-state index in [0.29, 0.717) is 12.3 Å². The smallest absolute Gasteiger partial charge is 0.283 e. The second kappa shape index (κ2) is 7.70. The lowest BCUT2D eigenvalue weighted by molar-refractivity contribution is 0.374. The number of sulfonamides is 1. The highest BCUT2D eigenvalue weighted by Gasteiger charge is 2.21. The third-order valence-corrected chi connectivity index (χ3v) is 5.68. The minimum atomic E-state index is -3.65. The maximum atomic E-state index is 12.5. The van der Waals surface area contributed by atoms with E-state index in [0.717, 1.165) is 38.0 Å². The van der Waals surface area contributed by atoms with Gasteiger partial charge in [-0.2, -0.15) is 8.42 Å². The van der Waals surface area contributed by atoms with Gasteiger partial charge in [0.1, 0.15) is 5.84 Å². The lowest BCUT2D eigenvalue weighted by atomic mass is 10.1. The van der Waals surface area contributed by atoms with Gasteiger partial charge in [0.25, 0.3) is 10.0 Å². The summed E-state index contributed by atoms with van der Waals surface area (Å²) in [6, 6.07) is 16.2. The van der Waals surface area contributed by atoms with E-state index in [1.54, 1.807) is 30.3 Å². The molecular formula is C19H23N3O2S. The molecule has 0 amide bonds. The molecule has 2 N–H and O–H groups in total. The Morgan fingerprint density at radius 3 is 2.44 bits per heavy atom. The molecule has 1 heterocycles. The number of nitrogens with two attached hydrogens (primary N) is 1. The van der Waals surface area contributed by atoms with E-state index in [2.05, 4.69) is 9.30 Å². The number of rotatable bonds is 5. The molecule has 0 aromatic heterocycles. The second-order valence-corrected chi connectivity index (χ2v) is 7.84. The molecule has 1 saturated heterocycles. The highest BCUT2D eigenvalue weighted by atomic mass is 32.2. The summed E-state index contributed by atoms with van der Waals surface area (Å²) < 4.78 is 29.2. The number of hydrogen-bond donors (Lipinski definition) is 1. The number of likely N-dealkylation sites (tertiary alicyclic amines) is 1. The first kappa shape index (κ1) is 17.5. The van der Waals surface area contributed by atoms with Crippen molar-refractivity contribution in [1.29, 1.82) is 0 Å². The van der Waals surface area contributed by atoms with Crippen molar-refractivity contribution in [2.24, 2.45) is 4.40 Å². The molecule has 1 aliphatic rings. The molecule has 2 aromatic carbocycles. The molecule has 1 aliphatic heterocycles. The second-order valence-electron chi connectivity index (χ2n) is 6.23. The van der Waals surface area contributed by atoms with Gasteiger partial charge in [-0.05, 0) is 49.1 Å². The van der Waals surface area contributed by atoms with E-state index in [1.165, 1.54) is 5.56 Å². The number of hydrogen-bond acceptors (Lipinski definition) is 3. The van der Waals surface area contributed by atoms with Gasteiger partial charge in [0.05, 0.1) is 4.90 Å². The van der Waals surface area contributed by atoms with Crippen LogP contribution >= 0.6 is 0 Å². The number of anilines is 1. The number of nitrogens with zero attached hydrogens (tertiary/aromatic N) is 2. The zero-order valence-electron chi connectivity index (χ0n) is 14.1. The highest BCUT2D eigenvalue weighted by molar-refractivity contribution is 7.90. The predicted molar refractivity (Wildman–Crippen MR) is 101 cm³/mol. The van der Waals surface area contributed by atoms with Gasteiger partial charge >= 0.3 is 0 Å². The van der Waals surface area contributed by atoms with Crippen LogP contribution < -0.4 is 5.73 Å². The molecule has 5 nitrogen and oxygen atoms in total. The Bertz CT molecular complexity index is 831. The largest absolute Gasteiger partial charge is 0.399 e. The van der Waals surface area contributed by atoms with E-state index in [1.807, 2.05) is 24.3 Å². The quantitative estimate of drug-likeness (QED) is 0.835. The lowest BCUT2D eigenvalue weighted by Gasteiger charge is -2.30. The van der Waals surface area contributed by atoms with E-state index in [9.17, 15) is 8.42 Å². The van der Waals surface area contributed by atoms with Crippen LogP contribution in [0.5, 0.6) is 0 Å². The fraction of sp³-hybridized carbons (Fsp3) is 0.316. The summed E-state index contributed by atoms with van der Waals surface area (Å²) in [4.78, 5) is 2.34. The molecule has 25 heavy (non-hydrogen) atoms. The lowest BCUT2D eigenvalue weighted by Crippen LogP contribution is -2.37. The Balaban J connectivity index is 1.75. The summed E-state index contributed by atoms with van der Waals surface area (Å²) in [5, 5.41) is 0. The summed E-state index contributed by atoms with van der Waals surface area (Å²) >= 11 is 0. The van der Waals surface area contributed by atoms with Crippen molar-refractivity contribution in [3.63, 3.8) is 0 Å². The van der Waals surface area contributed by atoms with Crippen LogP contribution in [0, 0.1) is 0 Å². The maximum absolute atomic E-state index is 12.5. The molecule has 6 heteroatoms. The van der Waals surface area contributed by atoms with E-state index >= 15 is 0 Å². The van der Waals surface area contributed by atoms with Gasteiger partial charge in [0, 0.05) is 25.2 Å². The van der Waals surface area contributed by atoms with Gasteiger partial charge in [-0.25, -0.2) is 0 Å². The van der Waals surface area contributed by atoms with Crippen LogP contribution in [0.2, 0.25) is 0 Å². The standard InChI is InChI=1S/C19H23N3O2S/c20-17-11-9-16(10-12-17)13-15-22-14-5-4-8-19(22)21-25(23,24)18-6-2-1-3-7-18/h1-3,6-7,9-12H,4-5,8,13-15,20H2/b21-19-. The zero-order chi connectivity index (χ0) is 17.7. The van der Waals surface area contributed by atoms with Crippen molar-refractivity contribution in [2.75, 3.05) is 18.8 Å². The van der Waals surface area contributed by atoms with Gasteiger partial charge in [0.2, 0.25) is 0 Å². The van der Waals surface area contributed by atoms with Crippen molar-refractivity contribution in [2.45, 2.75) is 30.6 Å². The maximum Gasteiger partial charge on any atom is 0.283 e. The molecule has 0 atom stereocenters. The molecule has 0 aliphatic carbocycles. The Labute approximate surface area is 149 Å². The van der Waals surface area contributed by atoms with Gasteiger partial charge in [-0.3, -0.25) is 0 Å². The number of piperidine rings is 1. The van der Waals surface area contributed by atoms with Crippen LogP contribution in [0.25, 0.3) is 0 Å². The molecule has 0 bridgehead atoms. The van der Waals surface area contributed by atoms with Gasteiger partial charge < -0.3 is 10.6 Å². The van der Waals surface area contributed by atoms with Crippen LogP contribution in [-0.4, -0.2) is 32.2 Å². The first-order chi connectivity index (χ1) is 12.0. The fourth-order valence-corrected chi connectivity index (χ4v) is 4.04. The predicted octanol–water partition coefficient (Wildman–Crippen LogP) is 3.08. The van der Waals surface area contributed by atoms with Crippen molar-refractivity contribution >= 4 is 21.5 Å². The zero-order valence-corrected chi connectivity index (χ0v) is 15.0. The van der Waals surface area contributed by atoms with Crippen molar-refractivity contribution in [3.8, 4) is 0 Å². The Kier molecular flexibility index (Phi) is 5.38. The van der Waals surface area contributed by atoms with Crippen molar-refractivity contribution < 1.29 is 8.42 Å². The fourth-order valence-electron chi connectivity index (χ4n) is 2.95. The SMILES string of the molecule is Nc1ccc(CCN2CCCC/C2=N/S(=O)(=O)c2ccccc2)cc1. The normalized spacial score (nSPS) is 17.0. The Morgan fingerprint density at radius 2 is 1.72 bits per heavy atom. The average Bonchev–Trinajstić information content (AvgIpc) is 2.63. The van der Waals surface area contributed by atoms with Gasteiger partial charge in [-0.1, -0.05) is 30.3 Å². The van der Waals surface area contributed by atoms with E-state index in [4.69, 9.17) is 5.73 Å². The van der Waals surface area contributed by atoms with Crippen molar-refractivity contribution in [3.05, 3.63) is 60.2 Å². The van der Waals surface area contributed by atoms with Crippen LogP contribution in [0.15, 0.2) is 63.9 Å². The molecule has 0 spiro atoms. The molecule has 3 rings (SSSR count). The van der Waals surface area contributed by atoms with Crippen LogP contribution in [0.4, 0.5) is 5.69 Å². The minimum absolute atomic E-state index is 0.242. The van der Waals surface area contributed by atoms with Gasteiger partial charge in [-0.15, -0.1) is 4.40 Å². The molecule has 1 fully saturated rings. The summed E-state index contributed by atoms with van der Waals surface area (Å²) in [5.41, 5.74) is 7.65. The van der Waals surface area contributed by atoms with Gasteiger partial charge in [0.15, 0.2) is 0 Å². The number of benzene rings is 2. The first-order valence-electron chi connectivity index (χ1n) is 8.53.